The second kappa shape index (κ2) is 5.82. The van der Waals surface area contributed by atoms with E-state index >= 15 is 0 Å². The van der Waals surface area contributed by atoms with E-state index in [-0.39, 0.29) is 5.41 Å². The van der Waals surface area contributed by atoms with E-state index in [4.69, 9.17) is 16.1 Å². The summed E-state index contributed by atoms with van der Waals surface area (Å²) in [4.78, 5) is 11.6. The molecule has 134 valence electrons. The molecule has 0 saturated heterocycles. The third-order valence-corrected chi connectivity index (χ3v) is 6.59. The molecular weight excluding hydrogens is 346 g/mol. The Bertz CT molecular complexity index is 905. The van der Waals surface area contributed by atoms with Gasteiger partial charge in [0, 0.05) is 29.9 Å². The number of rotatable bonds is 3. The van der Waals surface area contributed by atoms with Crippen LogP contribution in [0, 0.1) is 12.3 Å². The van der Waals surface area contributed by atoms with E-state index in [0.717, 1.165) is 59.7 Å². The van der Waals surface area contributed by atoms with Gasteiger partial charge in [0.15, 0.2) is 0 Å². The molecule has 0 aliphatic heterocycles. The maximum atomic E-state index is 11.6. The second-order valence-corrected chi connectivity index (χ2v) is 8.63. The maximum Gasteiger partial charge on any atom is 0.147 e. The first kappa shape index (κ1) is 16.3. The molecule has 0 unspecified atom stereocenters. The fraction of sp³-hybridized carbons (Fsp3) is 0.455. The molecular formula is C22H22ClNO2. The zero-order chi connectivity index (χ0) is 17.9. The SMILES string of the molecule is Cc1cccc(Cl)c1-c1noc(C2CC2)c1C1=CC2(CCC(=O)CC2)C1. The maximum absolute atomic E-state index is 11.6. The van der Waals surface area contributed by atoms with Gasteiger partial charge in [-0.1, -0.05) is 35.0 Å². The Balaban J connectivity index is 1.59. The molecule has 4 heteroatoms. The zero-order valence-corrected chi connectivity index (χ0v) is 15.7. The van der Waals surface area contributed by atoms with Crippen LogP contribution in [0.1, 0.15) is 67.8 Å². The Hall–Kier alpha value is -1.87. The molecule has 1 aromatic heterocycles. The summed E-state index contributed by atoms with van der Waals surface area (Å²) in [5, 5.41) is 5.19. The Morgan fingerprint density at radius 2 is 1.92 bits per heavy atom. The van der Waals surface area contributed by atoms with Crippen LogP contribution in [0.5, 0.6) is 0 Å². The van der Waals surface area contributed by atoms with Gasteiger partial charge in [0.25, 0.3) is 0 Å². The molecule has 5 rings (SSSR count). The molecule has 0 atom stereocenters. The summed E-state index contributed by atoms with van der Waals surface area (Å²) in [5.41, 5.74) is 5.72. The molecule has 3 aliphatic rings. The monoisotopic (exact) mass is 367 g/mol. The Morgan fingerprint density at radius 1 is 1.19 bits per heavy atom. The van der Waals surface area contributed by atoms with E-state index in [1.54, 1.807) is 0 Å². The Kier molecular flexibility index (Phi) is 3.65. The number of carbonyl (C=O) groups excluding carboxylic acids is 1. The minimum atomic E-state index is 0.216. The summed E-state index contributed by atoms with van der Waals surface area (Å²) in [7, 11) is 0. The predicted octanol–water partition coefficient (Wildman–Crippen LogP) is 6.10. The van der Waals surface area contributed by atoms with Gasteiger partial charge in [-0.25, -0.2) is 0 Å². The predicted molar refractivity (Wildman–Crippen MR) is 102 cm³/mol. The van der Waals surface area contributed by atoms with Gasteiger partial charge in [-0.15, -0.1) is 0 Å². The highest BCUT2D eigenvalue weighted by Gasteiger charge is 2.43. The van der Waals surface area contributed by atoms with Crippen molar-refractivity contribution in [1.29, 1.82) is 0 Å². The highest BCUT2D eigenvalue weighted by Crippen LogP contribution is 2.56. The van der Waals surface area contributed by atoms with Crippen LogP contribution >= 0.6 is 11.6 Å². The van der Waals surface area contributed by atoms with Crippen LogP contribution in [0.2, 0.25) is 5.02 Å². The van der Waals surface area contributed by atoms with E-state index < -0.39 is 0 Å². The van der Waals surface area contributed by atoms with Gasteiger partial charge in [-0.2, -0.15) is 0 Å². The number of Topliss-reactive ketones (excluding diaryl/α,β-unsaturated/α-hetero) is 1. The molecule has 0 amide bonds. The van der Waals surface area contributed by atoms with Crippen molar-refractivity contribution in [1.82, 2.24) is 5.16 Å². The number of aryl methyl sites for hydroxylation is 1. The number of benzene rings is 1. The lowest BCUT2D eigenvalue weighted by atomic mass is 9.61. The number of aromatic nitrogens is 1. The van der Waals surface area contributed by atoms with E-state index in [1.807, 2.05) is 12.1 Å². The Labute approximate surface area is 158 Å². The molecule has 2 aromatic rings. The molecule has 3 aliphatic carbocycles. The van der Waals surface area contributed by atoms with Crippen LogP contribution in [-0.2, 0) is 4.79 Å². The molecule has 2 fully saturated rings. The minimum Gasteiger partial charge on any atom is -0.360 e. The normalized spacial score (nSPS) is 21.6. The van der Waals surface area contributed by atoms with Gasteiger partial charge in [-0.3, -0.25) is 4.79 Å². The van der Waals surface area contributed by atoms with Crippen LogP contribution in [0.25, 0.3) is 16.8 Å². The molecule has 1 heterocycles. The minimum absolute atomic E-state index is 0.216. The van der Waals surface area contributed by atoms with Crippen LogP contribution in [0.15, 0.2) is 28.8 Å². The van der Waals surface area contributed by atoms with Gasteiger partial charge in [0.2, 0.25) is 0 Å². The molecule has 3 nitrogen and oxygen atoms in total. The molecule has 0 radical (unpaired) electrons. The molecule has 1 spiro atoms. The topological polar surface area (TPSA) is 43.1 Å². The molecule has 2 saturated carbocycles. The quantitative estimate of drug-likeness (QED) is 0.658. The van der Waals surface area contributed by atoms with Crippen molar-refractivity contribution in [3.8, 4) is 11.3 Å². The van der Waals surface area contributed by atoms with Crippen molar-refractivity contribution >= 4 is 23.0 Å². The van der Waals surface area contributed by atoms with Crippen LogP contribution in [0.3, 0.4) is 0 Å². The molecule has 1 aromatic carbocycles. The zero-order valence-electron chi connectivity index (χ0n) is 15.0. The number of hydrogen-bond donors (Lipinski definition) is 0. The highest BCUT2D eigenvalue weighted by atomic mass is 35.5. The van der Waals surface area contributed by atoms with Gasteiger partial charge in [0.05, 0.1) is 5.02 Å². The summed E-state index contributed by atoms with van der Waals surface area (Å²) in [6.45, 7) is 2.07. The number of ketones is 1. The largest absolute Gasteiger partial charge is 0.360 e. The summed E-state index contributed by atoms with van der Waals surface area (Å²) in [6, 6.07) is 5.96. The van der Waals surface area contributed by atoms with Crippen LogP contribution in [0.4, 0.5) is 0 Å². The van der Waals surface area contributed by atoms with Crippen molar-refractivity contribution in [2.45, 2.75) is 57.8 Å². The van der Waals surface area contributed by atoms with E-state index in [2.05, 4.69) is 24.2 Å². The fourth-order valence-electron chi connectivity index (χ4n) is 4.57. The third-order valence-electron chi connectivity index (χ3n) is 6.27. The average molecular weight is 368 g/mol. The number of carbonyl (C=O) groups is 1. The van der Waals surface area contributed by atoms with Crippen molar-refractivity contribution < 1.29 is 9.32 Å². The lowest BCUT2D eigenvalue weighted by Crippen LogP contribution is -2.32. The lowest BCUT2D eigenvalue weighted by Gasteiger charge is -2.42. The van der Waals surface area contributed by atoms with Gasteiger partial charge < -0.3 is 4.52 Å². The summed E-state index contributed by atoms with van der Waals surface area (Å²) < 4.78 is 5.83. The third kappa shape index (κ3) is 2.56. The average Bonchev–Trinajstić information content (AvgIpc) is 3.35. The number of allylic oxidation sites excluding steroid dienone is 2. The van der Waals surface area contributed by atoms with E-state index in [1.165, 1.54) is 24.0 Å². The standard InChI is InChI=1S/C22H22ClNO2/c1-13-3-2-4-17(23)18(13)20-19(21(26-24-20)14-5-6-14)15-11-22(12-15)9-7-16(25)8-10-22/h2-4,11,14H,5-10,12H2,1H3. The first-order valence-electron chi connectivity index (χ1n) is 9.55. The fourth-order valence-corrected chi connectivity index (χ4v) is 4.88. The van der Waals surface area contributed by atoms with Crippen molar-refractivity contribution in [3.63, 3.8) is 0 Å². The lowest BCUT2D eigenvalue weighted by molar-refractivity contribution is -0.121. The number of halogens is 1. The van der Waals surface area contributed by atoms with Gasteiger partial charge in [0.1, 0.15) is 17.2 Å². The molecule has 26 heavy (non-hydrogen) atoms. The smallest absolute Gasteiger partial charge is 0.147 e. The summed E-state index contributed by atoms with van der Waals surface area (Å²) in [6.07, 6.45) is 9.19. The van der Waals surface area contributed by atoms with Crippen LogP contribution in [-0.4, -0.2) is 10.9 Å². The number of hydrogen-bond acceptors (Lipinski definition) is 3. The van der Waals surface area contributed by atoms with E-state index in [0.29, 0.717) is 11.7 Å². The number of nitrogens with zero attached hydrogens (tertiary/aromatic N) is 1. The second-order valence-electron chi connectivity index (χ2n) is 8.22. The van der Waals surface area contributed by atoms with Crippen molar-refractivity contribution in [3.05, 3.63) is 46.2 Å². The summed E-state index contributed by atoms with van der Waals surface area (Å²) >= 11 is 6.53. The van der Waals surface area contributed by atoms with E-state index in [9.17, 15) is 4.79 Å². The summed E-state index contributed by atoms with van der Waals surface area (Å²) in [5.74, 6) is 1.94. The first-order chi connectivity index (χ1) is 12.6. The van der Waals surface area contributed by atoms with Crippen molar-refractivity contribution in [2.75, 3.05) is 0 Å². The van der Waals surface area contributed by atoms with Gasteiger partial charge in [-0.05, 0) is 61.6 Å². The first-order valence-corrected chi connectivity index (χ1v) is 9.93. The molecule has 0 N–H and O–H groups in total. The van der Waals surface area contributed by atoms with Crippen molar-refractivity contribution in [2.24, 2.45) is 5.41 Å². The van der Waals surface area contributed by atoms with Gasteiger partial charge >= 0.3 is 0 Å². The molecule has 0 bridgehead atoms. The Morgan fingerprint density at radius 3 is 2.58 bits per heavy atom. The highest BCUT2D eigenvalue weighted by molar-refractivity contribution is 6.33. The van der Waals surface area contributed by atoms with Crippen LogP contribution < -0.4 is 0 Å².